The van der Waals surface area contributed by atoms with Gasteiger partial charge in [-0.2, -0.15) is 0 Å². The molecule has 5 heteroatoms. The van der Waals surface area contributed by atoms with Crippen LogP contribution in [0.5, 0.6) is 0 Å². The zero-order valence-electron chi connectivity index (χ0n) is 13.9. The molecule has 2 atom stereocenters. The van der Waals surface area contributed by atoms with Crippen molar-refractivity contribution in [3.8, 4) is 0 Å². The van der Waals surface area contributed by atoms with E-state index in [-0.39, 0.29) is 17.6 Å². The summed E-state index contributed by atoms with van der Waals surface area (Å²) in [6.07, 6.45) is 0. The molecule has 0 bridgehead atoms. The van der Waals surface area contributed by atoms with Gasteiger partial charge in [0.1, 0.15) is 5.78 Å². The Kier molecular flexibility index (Phi) is 6.41. The van der Waals surface area contributed by atoms with E-state index in [9.17, 15) is 4.79 Å². The van der Waals surface area contributed by atoms with Crippen LogP contribution in [0.3, 0.4) is 0 Å². The molecule has 0 aliphatic rings. The van der Waals surface area contributed by atoms with Crippen molar-refractivity contribution in [1.29, 1.82) is 0 Å². The van der Waals surface area contributed by atoms with Gasteiger partial charge in [0.25, 0.3) is 0 Å². The summed E-state index contributed by atoms with van der Waals surface area (Å²) in [5.41, 5.74) is 15.0. The average Bonchev–Trinajstić information content (AvgIpc) is 2.59. The average molecular weight is 365 g/mol. The Labute approximate surface area is 152 Å². The summed E-state index contributed by atoms with van der Waals surface area (Å²) in [4.78, 5) is 13.0. The van der Waals surface area contributed by atoms with Gasteiger partial charge in [0, 0.05) is 35.0 Å². The standard InChI is InChI=1S/C19H22Cl2N2O/c1-11(13-5-3-7-17(20)15(13)9-22)19(24)12(2)14-6-4-8-18(21)16(14)10-23/h3-8,11-12H,9-10,22-23H2,1-2H3. The van der Waals surface area contributed by atoms with Crippen molar-refractivity contribution < 1.29 is 4.79 Å². The molecule has 0 radical (unpaired) electrons. The molecule has 24 heavy (non-hydrogen) atoms. The lowest BCUT2D eigenvalue weighted by Crippen LogP contribution is -2.20. The van der Waals surface area contributed by atoms with Crippen LogP contribution >= 0.6 is 23.2 Å². The van der Waals surface area contributed by atoms with Gasteiger partial charge in [-0.3, -0.25) is 4.79 Å². The first-order valence-corrected chi connectivity index (χ1v) is 8.66. The topological polar surface area (TPSA) is 69.1 Å². The highest BCUT2D eigenvalue weighted by Crippen LogP contribution is 2.33. The molecule has 0 aliphatic heterocycles. The van der Waals surface area contributed by atoms with Gasteiger partial charge in [-0.05, 0) is 34.4 Å². The van der Waals surface area contributed by atoms with E-state index < -0.39 is 0 Å². The lowest BCUT2D eigenvalue weighted by atomic mass is 9.82. The second-order valence-electron chi connectivity index (χ2n) is 5.87. The largest absolute Gasteiger partial charge is 0.326 e. The molecule has 2 aromatic carbocycles. The zero-order valence-corrected chi connectivity index (χ0v) is 15.4. The summed E-state index contributed by atoms with van der Waals surface area (Å²) in [7, 11) is 0. The van der Waals surface area contributed by atoms with E-state index >= 15 is 0 Å². The summed E-state index contributed by atoms with van der Waals surface area (Å²) in [6, 6.07) is 11.1. The van der Waals surface area contributed by atoms with Crippen molar-refractivity contribution in [2.24, 2.45) is 11.5 Å². The van der Waals surface area contributed by atoms with Crippen LogP contribution < -0.4 is 11.5 Å². The number of Topliss-reactive ketones (excluding diaryl/α,β-unsaturated/α-hetero) is 1. The first-order chi connectivity index (χ1) is 11.4. The van der Waals surface area contributed by atoms with Gasteiger partial charge in [-0.1, -0.05) is 61.3 Å². The fraction of sp³-hybridized carbons (Fsp3) is 0.316. The van der Waals surface area contributed by atoms with Crippen LogP contribution in [0.2, 0.25) is 10.0 Å². The maximum Gasteiger partial charge on any atom is 0.147 e. The molecule has 0 aliphatic carbocycles. The summed E-state index contributed by atoms with van der Waals surface area (Å²) in [6.45, 7) is 4.37. The molecule has 0 fully saturated rings. The molecular weight excluding hydrogens is 343 g/mol. The lowest BCUT2D eigenvalue weighted by molar-refractivity contribution is -0.121. The van der Waals surface area contributed by atoms with E-state index in [1.165, 1.54) is 0 Å². The molecule has 4 N–H and O–H groups in total. The van der Waals surface area contributed by atoms with E-state index in [4.69, 9.17) is 34.7 Å². The van der Waals surface area contributed by atoms with Crippen LogP contribution in [0, 0.1) is 0 Å². The summed E-state index contributed by atoms with van der Waals surface area (Å²) < 4.78 is 0. The van der Waals surface area contributed by atoms with Gasteiger partial charge >= 0.3 is 0 Å². The minimum absolute atomic E-state index is 0.0870. The number of nitrogens with two attached hydrogens (primary N) is 2. The Morgan fingerprint density at radius 2 is 1.25 bits per heavy atom. The Bertz CT molecular complexity index is 685. The van der Waals surface area contributed by atoms with Gasteiger partial charge in [0.15, 0.2) is 0 Å². The predicted octanol–water partition coefficient (Wildman–Crippen LogP) is 4.39. The first-order valence-electron chi connectivity index (χ1n) is 7.90. The summed E-state index contributed by atoms with van der Waals surface area (Å²) in [5, 5.41) is 1.18. The number of ketones is 1. The van der Waals surface area contributed by atoms with Crippen molar-refractivity contribution in [2.45, 2.75) is 38.8 Å². The molecule has 0 aromatic heterocycles. The van der Waals surface area contributed by atoms with Crippen molar-refractivity contribution in [2.75, 3.05) is 0 Å². The molecular formula is C19H22Cl2N2O. The van der Waals surface area contributed by atoms with Crippen LogP contribution in [-0.4, -0.2) is 5.78 Å². The number of carbonyl (C=O) groups is 1. The minimum Gasteiger partial charge on any atom is -0.326 e. The fourth-order valence-electron chi connectivity index (χ4n) is 3.07. The van der Waals surface area contributed by atoms with E-state index in [0.717, 1.165) is 22.3 Å². The Morgan fingerprint density at radius 1 is 0.875 bits per heavy atom. The smallest absolute Gasteiger partial charge is 0.147 e. The van der Waals surface area contributed by atoms with Crippen molar-refractivity contribution in [1.82, 2.24) is 0 Å². The maximum atomic E-state index is 13.0. The second kappa shape index (κ2) is 8.13. The Morgan fingerprint density at radius 3 is 1.58 bits per heavy atom. The first kappa shape index (κ1) is 18.9. The van der Waals surface area contributed by atoms with Crippen LogP contribution in [0.1, 0.15) is 47.9 Å². The van der Waals surface area contributed by atoms with Gasteiger partial charge in [0.05, 0.1) is 0 Å². The van der Waals surface area contributed by atoms with E-state index in [1.807, 2.05) is 38.1 Å². The molecule has 128 valence electrons. The fourth-order valence-corrected chi connectivity index (χ4v) is 3.59. The highest BCUT2D eigenvalue weighted by molar-refractivity contribution is 6.31. The molecule has 2 rings (SSSR count). The van der Waals surface area contributed by atoms with Crippen molar-refractivity contribution in [3.63, 3.8) is 0 Å². The predicted molar refractivity (Wildman–Crippen MR) is 101 cm³/mol. The number of hydrogen-bond acceptors (Lipinski definition) is 3. The molecule has 0 spiro atoms. The van der Waals surface area contributed by atoms with Gasteiger partial charge in [-0.25, -0.2) is 0 Å². The van der Waals surface area contributed by atoms with Crippen molar-refractivity contribution in [3.05, 3.63) is 68.7 Å². The van der Waals surface area contributed by atoms with Gasteiger partial charge in [-0.15, -0.1) is 0 Å². The van der Waals surface area contributed by atoms with Gasteiger partial charge in [0.2, 0.25) is 0 Å². The molecule has 0 amide bonds. The molecule has 2 unspecified atom stereocenters. The van der Waals surface area contributed by atoms with Gasteiger partial charge < -0.3 is 11.5 Å². The molecule has 2 aromatic rings. The third kappa shape index (κ3) is 3.65. The van der Waals surface area contributed by atoms with Crippen LogP contribution in [-0.2, 0) is 17.9 Å². The van der Waals surface area contributed by atoms with E-state index in [0.29, 0.717) is 23.1 Å². The summed E-state index contributed by atoms with van der Waals surface area (Å²) >= 11 is 12.4. The Balaban J connectivity index is 2.39. The third-order valence-corrected chi connectivity index (χ3v) is 5.21. The summed E-state index contributed by atoms with van der Waals surface area (Å²) in [5.74, 6) is -0.548. The minimum atomic E-state index is -0.318. The number of benzene rings is 2. The van der Waals surface area contributed by atoms with E-state index in [2.05, 4.69) is 0 Å². The monoisotopic (exact) mass is 364 g/mol. The normalized spacial score (nSPS) is 13.6. The quantitative estimate of drug-likeness (QED) is 0.798. The number of carbonyl (C=O) groups excluding carboxylic acids is 1. The van der Waals surface area contributed by atoms with Crippen LogP contribution in [0.25, 0.3) is 0 Å². The SMILES string of the molecule is CC(C(=O)C(C)c1cccc(Cl)c1CN)c1cccc(Cl)c1CN. The highest BCUT2D eigenvalue weighted by atomic mass is 35.5. The molecule has 3 nitrogen and oxygen atoms in total. The Hall–Kier alpha value is -1.39. The second-order valence-corrected chi connectivity index (χ2v) is 6.68. The zero-order chi connectivity index (χ0) is 17.9. The maximum absolute atomic E-state index is 13.0. The van der Waals surface area contributed by atoms with Crippen LogP contribution in [0.4, 0.5) is 0 Å². The number of rotatable bonds is 6. The molecule has 0 saturated heterocycles. The molecule has 0 saturated carbocycles. The van der Waals surface area contributed by atoms with Crippen LogP contribution in [0.15, 0.2) is 36.4 Å². The van der Waals surface area contributed by atoms with Crippen molar-refractivity contribution >= 4 is 29.0 Å². The number of halogens is 2. The lowest BCUT2D eigenvalue weighted by Gasteiger charge is -2.22. The highest BCUT2D eigenvalue weighted by Gasteiger charge is 2.26. The third-order valence-electron chi connectivity index (χ3n) is 4.50. The molecule has 0 heterocycles. The van der Waals surface area contributed by atoms with E-state index in [1.54, 1.807) is 12.1 Å². The number of hydrogen-bond donors (Lipinski definition) is 2.